The smallest absolute Gasteiger partial charge is 0.334 e. The summed E-state index contributed by atoms with van der Waals surface area (Å²) in [5, 5.41) is 14.3. The predicted molar refractivity (Wildman–Crippen MR) is 94.1 cm³/mol. The molecule has 1 atom stereocenters. The van der Waals surface area contributed by atoms with E-state index in [-0.39, 0.29) is 36.9 Å². The molecule has 138 valence electrons. The van der Waals surface area contributed by atoms with Crippen LogP contribution in [0.5, 0.6) is 0 Å². The fourth-order valence-corrected chi connectivity index (χ4v) is 3.00. The zero-order valence-electron chi connectivity index (χ0n) is 14.7. The van der Waals surface area contributed by atoms with Gasteiger partial charge in [0.15, 0.2) is 11.8 Å². The van der Waals surface area contributed by atoms with E-state index < -0.39 is 18.0 Å². The third-order valence-corrected chi connectivity index (χ3v) is 4.24. The Morgan fingerprint density at radius 3 is 2.65 bits per heavy atom. The number of benzene rings is 1. The van der Waals surface area contributed by atoms with Gasteiger partial charge in [-0.25, -0.2) is 9.48 Å². The fourth-order valence-electron chi connectivity index (χ4n) is 3.00. The molecule has 1 aromatic carbocycles. The maximum atomic E-state index is 13.0. The van der Waals surface area contributed by atoms with Gasteiger partial charge in [0, 0.05) is 18.5 Å². The standard InChI is InChI=1S/C18H21N3O5/c1-11(2)9-21-16(22)13-6-4-3-5-12(13)15(19-21)17(23)20-7-8-26-14(10-20)18(24)25/h3-6,11,14H,7-10H2,1-2H3,(H,24,25). The monoisotopic (exact) mass is 359 g/mol. The van der Waals surface area contributed by atoms with Crippen LogP contribution in [-0.2, 0) is 16.1 Å². The lowest BCUT2D eigenvalue weighted by Crippen LogP contribution is -2.49. The van der Waals surface area contributed by atoms with E-state index >= 15 is 0 Å². The summed E-state index contributed by atoms with van der Waals surface area (Å²) in [6, 6.07) is 6.84. The molecule has 1 saturated heterocycles. The SMILES string of the molecule is CC(C)Cn1nc(C(=O)N2CCOC(C(=O)O)C2)c2ccccc2c1=O. The molecule has 1 aliphatic heterocycles. The molecule has 0 bridgehead atoms. The van der Waals surface area contributed by atoms with Crippen LogP contribution >= 0.6 is 0 Å². The third-order valence-electron chi connectivity index (χ3n) is 4.24. The molecular formula is C18H21N3O5. The van der Waals surface area contributed by atoms with Crippen LogP contribution in [0.4, 0.5) is 0 Å². The Balaban J connectivity index is 2.05. The van der Waals surface area contributed by atoms with Crippen LogP contribution < -0.4 is 5.56 Å². The average Bonchev–Trinajstić information content (AvgIpc) is 2.63. The van der Waals surface area contributed by atoms with Crippen LogP contribution in [0.15, 0.2) is 29.1 Å². The summed E-state index contributed by atoms with van der Waals surface area (Å²) in [6.45, 7) is 4.70. The summed E-state index contributed by atoms with van der Waals surface area (Å²) in [4.78, 5) is 38.3. The van der Waals surface area contributed by atoms with E-state index in [1.807, 2.05) is 13.8 Å². The van der Waals surface area contributed by atoms with Crippen molar-refractivity contribution in [2.45, 2.75) is 26.5 Å². The summed E-state index contributed by atoms with van der Waals surface area (Å²) >= 11 is 0. The summed E-state index contributed by atoms with van der Waals surface area (Å²) < 4.78 is 6.48. The van der Waals surface area contributed by atoms with E-state index in [0.717, 1.165) is 0 Å². The van der Waals surface area contributed by atoms with Gasteiger partial charge in [0.2, 0.25) is 0 Å². The first-order chi connectivity index (χ1) is 12.4. The van der Waals surface area contributed by atoms with Crippen molar-refractivity contribution in [2.75, 3.05) is 19.7 Å². The zero-order chi connectivity index (χ0) is 18.8. The van der Waals surface area contributed by atoms with Crippen LogP contribution in [0.3, 0.4) is 0 Å². The molecule has 1 aromatic heterocycles. The number of morpholine rings is 1. The molecule has 2 heterocycles. The highest BCUT2D eigenvalue weighted by Crippen LogP contribution is 2.17. The Hall–Kier alpha value is -2.74. The highest BCUT2D eigenvalue weighted by molar-refractivity contribution is 6.04. The van der Waals surface area contributed by atoms with Crippen molar-refractivity contribution in [3.8, 4) is 0 Å². The maximum absolute atomic E-state index is 13.0. The molecule has 8 heteroatoms. The highest BCUT2D eigenvalue weighted by atomic mass is 16.5. The van der Waals surface area contributed by atoms with E-state index in [1.165, 1.54) is 9.58 Å². The van der Waals surface area contributed by atoms with Crippen molar-refractivity contribution in [3.05, 3.63) is 40.3 Å². The zero-order valence-corrected chi connectivity index (χ0v) is 14.7. The van der Waals surface area contributed by atoms with Gasteiger partial charge in [-0.05, 0) is 12.0 Å². The lowest BCUT2D eigenvalue weighted by Gasteiger charge is -2.30. The van der Waals surface area contributed by atoms with Gasteiger partial charge in [-0.1, -0.05) is 32.0 Å². The minimum absolute atomic E-state index is 0.0481. The Kier molecular flexibility index (Phi) is 5.03. The highest BCUT2D eigenvalue weighted by Gasteiger charge is 2.31. The second-order valence-electron chi connectivity index (χ2n) is 6.72. The topological polar surface area (TPSA) is 102 Å². The number of aliphatic carboxylic acids is 1. The van der Waals surface area contributed by atoms with Gasteiger partial charge >= 0.3 is 5.97 Å². The van der Waals surface area contributed by atoms with Crippen LogP contribution in [0.1, 0.15) is 24.3 Å². The minimum atomic E-state index is -1.11. The summed E-state index contributed by atoms with van der Waals surface area (Å²) in [6.07, 6.45) is -1.06. The van der Waals surface area contributed by atoms with Crippen molar-refractivity contribution < 1.29 is 19.4 Å². The molecule has 2 aromatic rings. The molecule has 1 fully saturated rings. The number of aromatic nitrogens is 2. The molecule has 0 aliphatic carbocycles. The van der Waals surface area contributed by atoms with Crippen molar-refractivity contribution in [1.29, 1.82) is 0 Å². The number of ether oxygens (including phenoxy) is 1. The summed E-state index contributed by atoms with van der Waals surface area (Å²) in [5.41, 5.74) is -0.0804. The Morgan fingerprint density at radius 2 is 2.00 bits per heavy atom. The number of hydrogen-bond donors (Lipinski definition) is 1. The molecule has 1 unspecified atom stereocenters. The Labute approximate surface area is 150 Å². The molecule has 8 nitrogen and oxygen atoms in total. The summed E-state index contributed by atoms with van der Waals surface area (Å²) in [5.74, 6) is -1.32. The number of carboxylic acids is 1. The average molecular weight is 359 g/mol. The lowest BCUT2D eigenvalue weighted by molar-refractivity contribution is -0.154. The van der Waals surface area contributed by atoms with E-state index in [9.17, 15) is 14.4 Å². The molecule has 0 saturated carbocycles. The van der Waals surface area contributed by atoms with Crippen LogP contribution in [0, 0.1) is 5.92 Å². The van der Waals surface area contributed by atoms with E-state index in [0.29, 0.717) is 17.3 Å². The molecule has 1 aliphatic rings. The first kappa shape index (κ1) is 18.1. The fraction of sp³-hybridized carbons (Fsp3) is 0.444. The number of carbonyl (C=O) groups is 2. The predicted octanol–water partition coefficient (Wildman–Crippen LogP) is 0.978. The normalized spacial score (nSPS) is 17.7. The molecule has 26 heavy (non-hydrogen) atoms. The van der Waals surface area contributed by atoms with Crippen LogP contribution in [0.2, 0.25) is 0 Å². The molecule has 1 N–H and O–H groups in total. The molecule has 0 radical (unpaired) electrons. The maximum Gasteiger partial charge on any atom is 0.334 e. The number of carbonyl (C=O) groups excluding carboxylic acids is 1. The molecule has 0 spiro atoms. The van der Waals surface area contributed by atoms with Gasteiger partial charge in [0.1, 0.15) is 0 Å². The van der Waals surface area contributed by atoms with Crippen molar-refractivity contribution in [3.63, 3.8) is 0 Å². The van der Waals surface area contributed by atoms with E-state index in [2.05, 4.69) is 5.10 Å². The second kappa shape index (κ2) is 7.25. The molecule has 1 amide bonds. The van der Waals surface area contributed by atoms with Crippen molar-refractivity contribution >= 4 is 22.6 Å². The number of hydrogen-bond acceptors (Lipinski definition) is 5. The second-order valence-corrected chi connectivity index (χ2v) is 6.72. The van der Waals surface area contributed by atoms with E-state index in [1.54, 1.807) is 24.3 Å². The molecular weight excluding hydrogens is 338 g/mol. The van der Waals surface area contributed by atoms with Crippen molar-refractivity contribution in [2.24, 2.45) is 5.92 Å². The quantitative estimate of drug-likeness (QED) is 0.873. The van der Waals surface area contributed by atoms with Crippen LogP contribution in [0.25, 0.3) is 10.8 Å². The largest absolute Gasteiger partial charge is 0.479 e. The lowest BCUT2D eigenvalue weighted by atomic mass is 10.1. The number of amides is 1. The van der Waals surface area contributed by atoms with Crippen LogP contribution in [-0.4, -0.2) is 57.5 Å². The molecule has 3 rings (SSSR count). The van der Waals surface area contributed by atoms with Gasteiger partial charge in [-0.2, -0.15) is 5.10 Å². The van der Waals surface area contributed by atoms with Gasteiger partial charge in [0.25, 0.3) is 11.5 Å². The van der Waals surface area contributed by atoms with Gasteiger partial charge in [-0.15, -0.1) is 0 Å². The first-order valence-electron chi connectivity index (χ1n) is 8.52. The number of fused-ring (bicyclic) bond motifs is 1. The van der Waals surface area contributed by atoms with E-state index in [4.69, 9.17) is 9.84 Å². The Morgan fingerprint density at radius 1 is 1.31 bits per heavy atom. The van der Waals surface area contributed by atoms with Crippen molar-refractivity contribution in [1.82, 2.24) is 14.7 Å². The Bertz CT molecular complexity index is 905. The number of carboxylic acid groups (broad SMARTS) is 1. The summed E-state index contributed by atoms with van der Waals surface area (Å²) in [7, 11) is 0. The van der Waals surface area contributed by atoms with Gasteiger partial charge < -0.3 is 14.7 Å². The van der Waals surface area contributed by atoms with Gasteiger partial charge in [-0.3, -0.25) is 9.59 Å². The number of rotatable bonds is 4. The third kappa shape index (κ3) is 3.45. The minimum Gasteiger partial charge on any atom is -0.479 e. The first-order valence-corrected chi connectivity index (χ1v) is 8.52. The number of nitrogens with zero attached hydrogens (tertiary/aromatic N) is 3. The van der Waals surface area contributed by atoms with Gasteiger partial charge in [0.05, 0.1) is 18.5 Å².